The number of hydrogen-bond donors (Lipinski definition) is 5. The maximum Gasteiger partial charge on any atom is 0.408 e. The van der Waals surface area contributed by atoms with E-state index in [9.17, 15) is 44.5 Å². The van der Waals surface area contributed by atoms with E-state index in [-0.39, 0.29) is 37.5 Å². The van der Waals surface area contributed by atoms with Crippen molar-refractivity contribution in [1.29, 1.82) is 0 Å². The average molecular weight is 911 g/mol. The van der Waals surface area contributed by atoms with Gasteiger partial charge in [0.05, 0.1) is 40.8 Å². The van der Waals surface area contributed by atoms with Crippen LogP contribution in [0.3, 0.4) is 0 Å². The zero-order valence-corrected chi connectivity index (χ0v) is 37.8. The number of non-ortho nitro benzene ring substituents is 1. The Morgan fingerprint density at radius 1 is 0.864 bits per heavy atom. The number of ether oxygens (including phenoxy) is 1. The molecule has 4 rings (SSSR count). The Morgan fingerprint density at radius 3 is 2.11 bits per heavy atom. The zero-order chi connectivity index (χ0) is 48.6. The number of nitrogens with one attached hydrogen (secondary N) is 4. The van der Waals surface area contributed by atoms with Gasteiger partial charge in [-0.25, -0.2) is 9.78 Å². The van der Waals surface area contributed by atoms with Crippen LogP contribution in [0.5, 0.6) is 0 Å². The molecule has 0 aliphatic carbocycles. The molecule has 0 radical (unpaired) electrons. The molecule has 4 aromatic rings. The van der Waals surface area contributed by atoms with Gasteiger partial charge in [0, 0.05) is 37.2 Å². The fraction of sp³-hybridized carbons (Fsp3) is 0.404. The molecular weight excluding hydrogens is 853 g/mol. The second-order valence-electron chi connectivity index (χ2n) is 17.4. The molecule has 3 aromatic carbocycles. The third-order valence-corrected chi connectivity index (χ3v) is 10.1. The predicted molar refractivity (Wildman–Crippen MR) is 246 cm³/mol. The third kappa shape index (κ3) is 16.4. The molecule has 66 heavy (non-hydrogen) atoms. The van der Waals surface area contributed by atoms with Crippen molar-refractivity contribution in [2.45, 2.75) is 110 Å². The van der Waals surface area contributed by atoms with Gasteiger partial charge in [-0.15, -0.1) is 0 Å². The summed E-state index contributed by atoms with van der Waals surface area (Å²) < 4.78 is 5.44. The summed E-state index contributed by atoms with van der Waals surface area (Å²) >= 11 is 0. The second kappa shape index (κ2) is 24.1. The molecule has 19 heteroatoms. The number of hydrogen-bond acceptors (Lipinski definition) is 12. The van der Waals surface area contributed by atoms with E-state index in [1.807, 2.05) is 49.4 Å². The van der Waals surface area contributed by atoms with Gasteiger partial charge in [-0.1, -0.05) is 93.6 Å². The van der Waals surface area contributed by atoms with E-state index in [1.54, 1.807) is 65.0 Å². The standard InChI is InChI=1S/C47H58N8O11/c1-30(2)22-40(41(56)27-43(58)52-42(57)23-31(3)14-13-19-32-15-9-7-10-16-32)53(38-21-20-35(54(62)63)26-39(38)55(64)65)45(60)37(25-34-28-48-29-49-34)50-44(59)36(24-33-17-11-8-12-18-33)51-46(61)66-47(4,5)6/h7-13,15-21,26,28-31,36-37,40-41,56H,14,22-25,27H2,1-6H3,(H,48,49)(H,50,59)(H,51,61)(H,52,57,58)/b19-13+/t31-,36-,37-,40-,41-/m0/s1. The minimum Gasteiger partial charge on any atom is -0.444 e. The molecule has 0 bridgehead atoms. The molecule has 0 fully saturated rings. The minimum absolute atomic E-state index is 0.0288. The van der Waals surface area contributed by atoms with Gasteiger partial charge in [0.15, 0.2) is 0 Å². The van der Waals surface area contributed by atoms with Crippen molar-refractivity contribution in [2.75, 3.05) is 4.90 Å². The fourth-order valence-electron chi connectivity index (χ4n) is 7.10. The highest BCUT2D eigenvalue weighted by Gasteiger charge is 2.41. The lowest BCUT2D eigenvalue weighted by Crippen LogP contribution is -2.59. The van der Waals surface area contributed by atoms with Gasteiger partial charge >= 0.3 is 6.09 Å². The molecule has 0 aliphatic heterocycles. The molecule has 0 unspecified atom stereocenters. The Hall–Kier alpha value is -7.28. The molecule has 5 amide bonds. The number of nitrogens with zero attached hydrogens (tertiary/aromatic N) is 4. The van der Waals surface area contributed by atoms with Crippen molar-refractivity contribution in [3.63, 3.8) is 0 Å². The van der Waals surface area contributed by atoms with Crippen LogP contribution in [0, 0.1) is 32.1 Å². The van der Waals surface area contributed by atoms with Crippen LogP contribution in [0.1, 0.15) is 84.0 Å². The van der Waals surface area contributed by atoms with Crippen molar-refractivity contribution in [1.82, 2.24) is 25.9 Å². The maximum absolute atomic E-state index is 15.3. The van der Waals surface area contributed by atoms with Crippen LogP contribution in [0.15, 0.2) is 97.5 Å². The van der Waals surface area contributed by atoms with E-state index in [2.05, 4.69) is 25.9 Å². The Labute approximate surface area is 382 Å². The number of aliphatic hydroxyl groups is 1. The monoisotopic (exact) mass is 910 g/mol. The van der Waals surface area contributed by atoms with Crippen molar-refractivity contribution in [2.24, 2.45) is 11.8 Å². The lowest BCUT2D eigenvalue weighted by molar-refractivity contribution is -0.393. The van der Waals surface area contributed by atoms with E-state index in [0.717, 1.165) is 22.6 Å². The first-order valence-corrected chi connectivity index (χ1v) is 21.5. The summed E-state index contributed by atoms with van der Waals surface area (Å²) in [6, 6.07) is 16.5. The van der Waals surface area contributed by atoms with Crippen molar-refractivity contribution in [3.05, 3.63) is 135 Å². The van der Waals surface area contributed by atoms with Crippen LogP contribution in [-0.4, -0.2) is 84.5 Å². The van der Waals surface area contributed by atoms with Gasteiger partial charge in [0.2, 0.25) is 17.7 Å². The number of rotatable bonds is 22. The smallest absolute Gasteiger partial charge is 0.408 e. The molecule has 1 heterocycles. The Bertz CT molecular complexity index is 2320. The summed E-state index contributed by atoms with van der Waals surface area (Å²) in [6.07, 6.45) is 3.15. The molecule has 0 spiro atoms. The van der Waals surface area contributed by atoms with Crippen LogP contribution in [0.2, 0.25) is 0 Å². The molecule has 0 saturated heterocycles. The first kappa shape index (κ1) is 51.4. The molecule has 5 N–H and O–H groups in total. The van der Waals surface area contributed by atoms with E-state index in [1.165, 1.54) is 12.5 Å². The SMILES string of the molecule is CC(C)C[C@@H]([C@@H](O)CC(=O)NC(=O)C[C@@H](C)C/C=C/c1ccccc1)N(C(=O)[C@H](Cc1cnc[nH]1)NC(=O)[C@H](Cc1ccccc1)NC(=O)OC(C)(C)C)c1ccc([N+](=O)[O-])cc1[N+](=O)[O-]. The van der Waals surface area contributed by atoms with Gasteiger partial charge in [-0.3, -0.25) is 49.6 Å². The van der Waals surface area contributed by atoms with E-state index in [0.29, 0.717) is 23.7 Å². The van der Waals surface area contributed by atoms with Gasteiger partial charge in [-0.05, 0) is 62.6 Å². The Morgan fingerprint density at radius 2 is 1.52 bits per heavy atom. The molecule has 352 valence electrons. The highest BCUT2D eigenvalue weighted by molar-refractivity contribution is 6.02. The molecular formula is C47H58N8O11. The van der Waals surface area contributed by atoms with Crippen LogP contribution in [-0.2, 0) is 36.8 Å². The highest BCUT2D eigenvalue weighted by Crippen LogP contribution is 2.36. The molecule has 0 saturated carbocycles. The lowest BCUT2D eigenvalue weighted by Gasteiger charge is -2.38. The Balaban J connectivity index is 1.73. The number of alkyl carbamates (subject to hydrolysis) is 1. The number of aromatic amines is 1. The topological polar surface area (TPSA) is 269 Å². The number of amides is 5. The van der Waals surface area contributed by atoms with E-state index >= 15 is 4.79 Å². The molecule has 19 nitrogen and oxygen atoms in total. The van der Waals surface area contributed by atoms with Crippen molar-refractivity contribution in [3.8, 4) is 0 Å². The number of carbonyl (C=O) groups is 5. The summed E-state index contributed by atoms with van der Waals surface area (Å²) in [5, 5.41) is 44.0. The number of nitro benzene ring substituents is 2. The van der Waals surface area contributed by atoms with Crippen molar-refractivity contribution < 1.29 is 43.7 Å². The first-order valence-electron chi connectivity index (χ1n) is 21.5. The van der Waals surface area contributed by atoms with Gasteiger partial charge in [0.1, 0.15) is 23.4 Å². The minimum atomic E-state index is -1.78. The summed E-state index contributed by atoms with van der Waals surface area (Å²) in [7, 11) is 0. The summed E-state index contributed by atoms with van der Waals surface area (Å²) in [6.45, 7) is 10.2. The van der Waals surface area contributed by atoms with Gasteiger partial charge < -0.3 is 25.5 Å². The number of imidazole rings is 1. The van der Waals surface area contributed by atoms with E-state index < -0.39 is 92.9 Å². The van der Waals surface area contributed by atoms with Crippen LogP contribution >= 0.6 is 0 Å². The van der Waals surface area contributed by atoms with E-state index in [4.69, 9.17) is 4.74 Å². The maximum atomic E-state index is 15.3. The summed E-state index contributed by atoms with van der Waals surface area (Å²) in [5.74, 6) is -3.90. The fourth-order valence-corrected chi connectivity index (χ4v) is 7.10. The van der Waals surface area contributed by atoms with Gasteiger partial charge in [-0.2, -0.15) is 0 Å². The second-order valence-corrected chi connectivity index (χ2v) is 17.4. The van der Waals surface area contributed by atoms with Gasteiger partial charge in [0.25, 0.3) is 17.3 Å². The third-order valence-electron chi connectivity index (χ3n) is 10.1. The highest BCUT2D eigenvalue weighted by atomic mass is 16.6. The molecule has 5 atom stereocenters. The average Bonchev–Trinajstić information content (AvgIpc) is 3.76. The number of aliphatic hydroxyl groups excluding tert-OH is 1. The number of H-pyrrole nitrogens is 1. The first-order chi connectivity index (χ1) is 31.2. The predicted octanol–water partition coefficient (Wildman–Crippen LogP) is 6.36. The molecule has 1 aromatic heterocycles. The van der Waals surface area contributed by atoms with Crippen LogP contribution in [0.25, 0.3) is 6.08 Å². The van der Waals surface area contributed by atoms with Crippen LogP contribution in [0.4, 0.5) is 21.9 Å². The Kier molecular flexibility index (Phi) is 18.8. The number of anilines is 1. The number of imide groups is 1. The van der Waals surface area contributed by atoms with Crippen molar-refractivity contribution >= 4 is 52.9 Å². The number of allylic oxidation sites excluding steroid dienone is 1. The largest absolute Gasteiger partial charge is 0.444 e. The summed E-state index contributed by atoms with van der Waals surface area (Å²) in [5.41, 5.74) is -1.01. The molecule has 0 aliphatic rings. The number of nitro groups is 2. The van der Waals surface area contributed by atoms with Crippen LogP contribution < -0.4 is 20.9 Å². The zero-order valence-electron chi connectivity index (χ0n) is 37.8. The lowest BCUT2D eigenvalue weighted by atomic mass is 9.93. The quantitative estimate of drug-likeness (QED) is 0.0426. The number of carbonyl (C=O) groups excluding carboxylic acids is 5. The normalized spacial score (nSPS) is 13.8. The summed E-state index contributed by atoms with van der Waals surface area (Å²) in [4.78, 5) is 99.7. The number of benzene rings is 3. The number of aromatic nitrogens is 2.